The Morgan fingerprint density at radius 1 is 1.22 bits per heavy atom. The number of rotatable bonds is 4. The van der Waals surface area contributed by atoms with Crippen molar-refractivity contribution in [2.75, 3.05) is 13.6 Å². The summed E-state index contributed by atoms with van der Waals surface area (Å²) in [6.45, 7) is 2.08. The molecule has 2 rings (SSSR count). The van der Waals surface area contributed by atoms with E-state index in [9.17, 15) is 4.79 Å². The minimum Gasteiger partial charge on any atom is -0.302 e. The molecular formula is C15H20BrNO. The Bertz CT molecular complexity index is 391. The van der Waals surface area contributed by atoms with Crippen LogP contribution >= 0.6 is 15.9 Å². The molecule has 1 aromatic rings. The first-order chi connectivity index (χ1) is 8.63. The summed E-state index contributed by atoms with van der Waals surface area (Å²) in [6.07, 6.45) is 3.72. The zero-order valence-corrected chi connectivity index (χ0v) is 12.4. The van der Waals surface area contributed by atoms with Gasteiger partial charge in [-0.15, -0.1) is 0 Å². The van der Waals surface area contributed by atoms with Gasteiger partial charge in [-0.3, -0.25) is 4.79 Å². The number of halogens is 1. The Morgan fingerprint density at radius 2 is 1.83 bits per heavy atom. The monoisotopic (exact) mass is 309 g/mol. The molecule has 0 unspecified atom stereocenters. The number of nitrogens with zero attached hydrogens (tertiary/aromatic N) is 1. The van der Waals surface area contributed by atoms with Crippen LogP contribution in [-0.4, -0.2) is 24.3 Å². The molecule has 3 heteroatoms. The molecule has 0 spiro atoms. The highest BCUT2D eigenvalue weighted by molar-refractivity contribution is 9.10. The minimum absolute atomic E-state index is 0.446. The zero-order chi connectivity index (χ0) is 13.0. The first kappa shape index (κ1) is 13.8. The van der Waals surface area contributed by atoms with Crippen molar-refractivity contribution >= 4 is 21.7 Å². The number of benzene rings is 1. The highest BCUT2D eigenvalue weighted by Gasteiger charge is 2.19. The van der Waals surface area contributed by atoms with Gasteiger partial charge in [-0.05, 0) is 43.5 Å². The van der Waals surface area contributed by atoms with E-state index in [2.05, 4.69) is 52.1 Å². The lowest BCUT2D eigenvalue weighted by Gasteiger charge is -2.26. The predicted molar refractivity (Wildman–Crippen MR) is 77.4 cm³/mol. The van der Waals surface area contributed by atoms with Crippen LogP contribution in [-0.2, 0) is 11.3 Å². The lowest BCUT2D eigenvalue weighted by atomic mass is 9.88. The maximum absolute atomic E-state index is 11.2. The van der Waals surface area contributed by atoms with Gasteiger partial charge < -0.3 is 4.90 Å². The van der Waals surface area contributed by atoms with Crippen molar-refractivity contribution < 1.29 is 4.79 Å². The fourth-order valence-corrected chi connectivity index (χ4v) is 2.85. The SMILES string of the molecule is CN(Cc1ccc(Br)cc1)CC1CCC(=O)CC1. The second-order valence-electron chi connectivity index (χ2n) is 5.31. The largest absolute Gasteiger partial charge is 0.302 e. The highest BCUT2D eigenvalue weighted by atomic mass is 79.9. The number of ketones is 1. The van der Waals surface area contributed by atoms with Crippen LogP contribution < -0.4 is 0 Å². The summed E-state index contributed by atoms with van der Waals surface area (Å²) in [7, 11) is 2.17. The number of Topliss-reactive ketones (excluding diaryl/α,β-unsaturated/α-hetero) is 1. The molecule has 0 radical (unpaired) electrons. The van der Waals surface area contributed by atoms with E-state index in [4.69, 9.17) is 0 Å². The van der Waals surface area contributed by atoms with Crippen LogP contribution in [0.25, 0.3) is 0 Å². The van der Waals surface area contributed by atoms with Crippen molar-refractivity contribution in [1.29, 1.82) is 0 Å². The van der Waals surface area contributed by atoms with Crippen LogP contribution in [0.1, 0.15) is 31.2 Å². The molecule has 0 atom stereocenters. The Labute approximate surface area is 117 Å². The summed E-state index contributed by atoms with van der Waals surface area (Å²) in [6, 6.07) is 8.49. The van der Waals surface area contributed by atoms with Crippen LogP contribution in [0.4, 0.5) is 0 Å². The van der Waals surface area contributed by atoms with Gasteiger partial charge in [0.15, 0.2) is 0 Å². The number of carbonyl (C=O) groups excluding carboxylic acids is 1. The van der Waals surface area contributed by atoms with E-state index >= 15 is 0 Å². The maximum atomic E-state index is 11.2. The van der Waals surface area contributed by atoms with Crippen LogP contribution in [0.3, 0.4) is 0 Å². The average Bonchev–Trinajstić information content (AvgIpc) is 2.35. The van der Waals surface area contributed by atoms with Gasteiger partial charge in [0.2, 0.25) is 0 Å². The zero-order valence-electron chi connectivity index (χ0n) is 10.9. The number of hydrogen-bond acceptors (Lipinski definition) is 2. The third-order valence-corrected chi connectivity index (χ3v) is 4.13. The van der Waals surface area contributed by atoms with Gasteiger partial charge in [-0.2, -0.15) is 0 Å². The average molecular weight is 310 g/mol. The smallest absolute Gasteiger partial charge is 0.132 e. The topological polar surface area (TPSA) is 20.3 Å². The van der Waals surface area contributed by atoms with Crippen LogP contribution in [0.15, 0.2) is 28.7 Å². The lowest BCUT2D eigenvalue weighted by molar-refractivity contribution is -0.121. The van der Waals surface area contributed by atoms with E-state index in [0.29, 0.717) is 11.7 Å². The van der Waals surface area contributed by atoms with Crippen LogP contribution in [0.2, 0.25) is 0 Å². The lowest BCUT2D eigenvalue weighted by Crippen LogP contribution is -2.28. The maximum Gasteiger partial charge on any atom is 0.132 e. The fourth-order valence-electron chi connectivity index (χ4n) is 2.59. The van der Waals surface area contributed by atoms with Crippen molar-refractivity contribution in [2.24, 2.45) is 5.92 Å². The summed E-state index contributed by atoms with van der Waals surface area (Å²) in [5.41, 5.74) is 1.34. The van der Waals surface area contributed by atoms with Gasteiger partial charge in [-0.25, -0.2) is 0 Å². The first-order valence-electron chi connectivity index (χ1n) is 6.58. The second kappa shape index (κ2) is 6.48. The standard InChI is InChI=1S/C15H20BrNO/c1-17(10-12-2-6-14(16)7-3-12)11-13-4-8-15(18)9-5-13/h2-3,6-7,13H,4-5,8-11H2,1H3. The molecule has 1 aromatic carbocycles. The molecule has 2 nitrogen and oxygen atoms in total. The highest BCUT2D eigenvalue weighted by Crippen LogP contribution is 2.22. The van der Waals surface area contributed by atoms with E-state index in [1.165, 1.54) is 5.56 Å². The Kier molecular flexibility index (Phi) is 4.95. The summed E-state index contributed by atoms with van der Waals surface area (Å²) in [5, 5.41) is 0. The molecule has 1 aliphatic carbocycles. The van der Waals surface area contributed by atoms with Gasteiger partial charge in [0.25, 0.3) is 0 Å². The molecule has 0 bridgehead atoms. The molecular weight excluding hydrogens is 290 g/mol. The van der Waals surface area contributed by atoms with E-state index in [0.717, 1.165) is 43.2 Å². The molecule has 0 heterocycles. The summed E-state index contributed by atoms with van der Waals surface area (Å²) in [5.74, 6) is 1.14. The molecule has 18 heavy (non-hydrogen) atoms. The Hall–Kier alpha value is -0.670. The van der Waals surface area contributed by atoms with E-state index in [-0.39, 0.29) is 0 Å². The molecule has 0 saturated heterocycles. The van der Waals surface area contributed by atoms with Gasteiger partial charge >= 0.3 is 0 Å². The van der Waals surface area contributed by atoms with Crippen LogP contribution in [0.5, 0.6) is 0 Å². The summed E-state index contributed by atoms with van der Waals surface area (Å²) < 4.78 is 1.12. The Morgan fingerprint density at radius 3 is 2.44 bits per heavy atom. The molecule has 1 saturated carbocycles. The van der Waals surface area contributed by atoms with Gasteiger partial charge in [0.1, 0.15) is 5.78 Å². The summed E-state index contributed by atoms with van der Waals surface area (Å²) in [4.78, 5) is 13.6. The van der Waals surface area contributed by atoms with Crippen molar-refractivity contribution in [3.8, 4) is 0 Å². The molecule has 0 aromatic heterocycles. The van der Waals surface area contributed by atoms with Gasteiger partial charge in [0, 0.05) is 30.4 Å². The van der Waals surface area contributed by atoms with E-state index in [1.807, 2.05) is 0 Å². The number of carbonyl (C=O) groups is 1. The third-order valence-electron chi connectivity index (χ3n) is 3.60. The van der Waals surface area contributed by atoms with Crippen LogP contribution in [0, 0.1) is 5.92 Å². The minimum atomic E-state index is 0.446. The second-order valence-corrected chi connectivity index (χ2v) is 6.22. The van der Waals surface area contributed by atoms with Crippen molar-refractivity contribution in [3.63, 3.8) is 0 Å². The molecule has 1 aliphatic rings. The van der Waals surface area contributed by atoms with Gasteiger partial charge in [-0.1, -0.05) is 28.1 Å². The molecule has 1 fully saturated rings. The Balaban J connectivity index is 1.79. The van der Waals surface area contributed by atoms with E-state index in [1.54, 1.807) is 0 Å². The molecule has 98 valence electrons. The van der Waals surface area contributed by atoms with E-state index < -0.39 is 0 Å². The van der Waals surface area contributed by atoms with Crippen molar-refractivity contribution in [3.05, 3.63) is 34.3 Å². The quantitative estimate of drug-likeness (QED) is 0.846. The normalized spacial score (nSPS) is 17.4. The molecule has 0 aliphatic heterocycles. The summed E-state index contributed by atoms with van der Waals surface area (Å²) >= 11 is 3.45. The molecule has 0 N–H and O–H groups in total. The van der Waals surface area contributed by atoms with Crippen molar-refractivity contribution in [1.82, 2.24) is 4.90 Å². The predicted octanol–water partition coefficient (Wildman–Crippen LogP) is 3.64. The molecule has 0 amide bonds. The third kappa shape index (κ3) is 4.21. The van der Waals surface area contributed by atoms with Crippen molar-refractivity contribution in [2.45, 2.75) is 32.2 Å². The van der Waals surface area contributed by atoms with Gasteiger partial charge in [0.05, 0.1) is 0 Å². The first-order valence-corrected chi connectivity index (χ1v) is 7.37. The fraction of sp³-hybridized carbons (Fsp3) is 0.533. The number of hydrogen-bond donors (Lipinski definition) is 0.